The van der Waals surface area contributed by atoms with Gasteiger partial charge in [-0.05, 0) is 66.7 Å². The fourth-order valence-electron chi connectivity index (χ4n) is 5.11. The Hall–Kier alpha value is -5.17. The van der Waals surface area contributed by atoms with Crippen molar-refractivity contribution in [2.24, 2.45) is 0 Å². The summed E-state index contributed by atoms with van der Waals surface area (Å²) in [6, 6.07) is 14.5. The molecule has 1 saturated heterocycles. The molecule has 3 aromatic carbocycles. The van der Waals surface area contributed by atoms with Crippen LogP contribution in [0.3, 0.4) is 0 Å². The minimum atomic E-state index is -1.32. The Balaban J connectivity index is 1.36. The molecule has 1 fully saturated rings. The van der Waals surface area contributed by atoms with Crippen molar-refractivity contribution in [1.82, 2.24) is 10.2 Å². The highest BCUT2D eigenvalue weighted by Gasteiger charge is 2.49. The third-order valence-electron chi connectivity index (χ3n) is 7.24. The molecule has 2 heterocycles. The zero-order valence-corrected chi connectivity index (χ0v) is 24.1. The summed E-state index contributed by atoms with van der Waals surface area (Å²) in [5.74, 6) is -2.32. The molecule has 44 heavy (non-hydrogen) atoms. The van der Waals surface area contributed by atoms with E-state index in [9.17, 15) is 28.4 Å². The topological polar surface area (TPSA) is 155 Å². The van der Waals surface area contributed by atoms with Crippen molar-refractivity contribution in [3.8, 4) is 0 Å². The van der Waals surface area contributed by atoms with Gasteiger partial charge in [-0.3, -0.25) is 25.0 Å². The second-order valence-corrected chi connectivity index (χ2v) is 10.6. The van der Waals surface area contributed by atoms with Crippen LogP contribution in [0.2, 0.25) is 5.02 Å². The first kappa shape index (κ1) is 30.3. The van der Waals surface area contributed by atoms with Crippen molar-refractivity contribution in [3.63, 3.8) is 0 Å². The quantitative estimate of drug-likeness (QED) is 0.303. The van der Waals surface area contributed by atoms with Crippen molar-refractivity contribution in [2.45, 2.75) is 24.5 Å². The smallest absolute Gasteiger partial charge is 0.412 e. The van der Waals surface area contributed by atoms with Crippen molar-refractivity contribution < 1.29 is 37.8 Å². The molecular weight excluding hydrogens is 597 g/mol. The van der Waals surface area contributed by atoms with Crippen LogP contribution < -0.4 is 21.3 Å². The minimum Gasteiger partial charge on any atom is -0.453 e. The lowest BCUT2D eigenvalue weighted by atomic mass is 9.90. The molecule has 0 aliphatic carbocycles. The Labute approximate surface area is 255 Å². The second-order valence-electron chi connectivity index (χ2n) is 10.2. The number of methoxy groups -OCH3 is 1. The van der Waals surface area contributed by atoms with Crippen LogP contribution in [0.4, 0.5) is 31.0 Å². The lowest BCUT2D eigenvalue weighted by Crippen LogP contribution is -2.51. The Morgan fingerprint density at radius 3 is 2.43 bits per heavy atom. The first-order chi connectivity index (χ1) is 21.0. The average molecular weight is 624 g/mol. The molecule has 12 nitrogen and oxygen atoms in total. The van der Waals surface area contributed by atoms with Crippen molar-refractivity contribution in [2.75, 3.05) is 36.1 Å². The molecule has 2 atom stereocenters. The molecule has 2 aliphatic heterocycles. The maximum Gasteiger partial charge on any atom is 0.412 e. The number of carbonyl (C=O) groups excluding carboxylic acids is 5. The number of halogens is 2. The van der Waals surface area contributed by atoms with Crippen LogP contribution in [0.15, 0.2) is 66.7 Å². The number of anilines is 3. The Kier molecular flexibility index (Phi) is 8.67. The number of ether oxygens (including phenoxy) is 2. The fourth-order valence-corrected chi connectivity index (χ4v) is 5.28. The summed E-state index contributed by atoms with van der Waals surface area (Å²) in [6.45, 7) is 0.129. The maximum absolute atomic E-state index is 13.9. The van der Waals surface area contributed by atoms with Gasteiger partial charge in [-0.25, -0.2) is 14.0 Å². The Bertz CT molecular complexity index is 1620. The molecule has 3 aromatic rings. The molecule has 0 aromatic heterocycles. The van der Waals surface area contributed by atoms with E-state index in [0.717, 1.165) is 0 Å². The molecular formula is C30H27ClFN5O7. The van der Waals surface area contributed by atoms with Gasteiger partial charge in [0.1, 0.15) is 11.9 Å². The third-order valence-corrected chi connectivity index (χ3v) is 7.48. The van der Waals surface area contributed by atoms with E-state index in [2.05, 4.69) is 26.0 Å². The van der Waals surface area contributed by atoms with Gasteiger partial charge in [-0.1, -0.05) is 11.6 Å². The molecule has 5 rings (SSSR count). The predicted octanol–water partition coefficient (Wildman–Crippen LogP) is 4.47. The number of nitrogens with one attached hydrogen (secondary N) is 4. The van der Waals surface area contributed by atoms with E-state index in [0.29, 0.717) is 27.6 Å². The largest absolute Gasteiger partial charge is 0.453 e. The zero-order chi connectivity index (χ0) is 31.4. The highest BCUT2D eigenvalue weighted by Crippen LogP contribution is 2.43. The summed E-state index contributed by atoms with van der Waals surface area (Å²) >= 11 is 6.23. The standard InChI is InChI=1S/C30H27ClFN5O7/c1-43-28(41)34-21-7-2-17(3-8-21)26(39)35-24(15-25(38)33-20-9-5-19(32)6-10-20)27(40)37-13-12-30(16-37)22-14-18(31)4-11-23(22)36-29(42)44-30/h2-11,14,24H,12-13,15-16H2,1H3,(H,33,38)(H,34,41)(H,35,39)(H,36,42)/t24-,30-/m0/s1. The lowest BCUT2D eigenvalue weighted by Gasteiger charge is -2.35. The van der Waals surface area contributed by atoms with Gasteiger partial charge in [0.2, 0.25) is 11.8 Å². The van der Waals surface area contributed by atoms with Crippen molar-refractivity contribution in [1.29, 1.82) is 0 Å². The van der Waals surface area contributed by atoms with Crippen LogP contribution in [-0.2, 0) is 24.7 Å². The van der Waals surface area contributed by atoms with E-state index in [-0.39, 0.29) is 25.1 Å². The Morgan fingerprint density at radius 2 is 1.73 bits per heavy atom. The number of fused-ring (bicyclic) bond motifs is 2. The van der Waals surface area contributed by atoms with Gasteiger partial charge in [0.15, 0.2) is 5.60 Å². The maximum atomic E-state index is 13.9. The van der Waals surface area contributed by atoms with Gasteiger partial charge < -0.3 is 25.0 Å². The molecule has 0 unspecified atom stereocenters. The predicted molar refractivity (Wildman–Crippen MR) is 158 cm³/mol. The monoisotopic (exact) mass is 623 g/mol. The molecule has 2 aliphatic rings. The van der Waals surface area contributed by atoms with E-state index >= 15 is 0 Å². The zero-order valence-electron chi connectivity index (χ0n) is 23.3. The summed E-state index contributed by atoms with van der Waals surface area (Å²) < 4.78 is 23.6. The summed E-state index contributed by atoms with van der Waals surface area (Å²) in [4.78, 5) is 65.4. The van der Waals surface area contributed by atoms with Gasteiger partial charge in [0.05, 0.1) is 25.8 Å². The lowest BCUT2D eigenvalue weighted by molar-refractivity contribution is -0.135. The van der Waals surface area contributed by atoms with Gasteiger partial charge in [-0.2, -0.15) is 0 Å². The summed E-state index contributed by atoms with van der Waals surface area (Å²) in [5.41, 5.74) is 0.776. The fraction of sp³-hybridized carbons (Fsp3) is 0.233. The van der Waals surface area contributed by atoms with E-state index in [1.807, 2.05) is 0 Å². The van der Waals surface area contributed by atoms with Crippen LogP contribution in [0.25, 0.3) is 0 Å². The first-order valence-corrected chi connectivity index (χ1v) is 13.8. The molecule has 4 N–H and O–H groups in total. The molecule has 0 radical (unpaired) electrons. The number of nitrogens with zero attached hydrogens (tertiary/aromatic N) is 1. The number of rotatable bonds is 7. The number of hydrogen-bond acceptors (Lipinski definition) is 7. The normalized spacial score (nSPS) is 17.5. The average Bonchev–Trinajstić information content (AvgIpc) is 3.42. The Morgan fingerprint density at radius 1 is 1.05 bits per heavy atom. The van der Waals surface area contributed by atoms with E-state index < -0.39 is 53.8 Å². The number of benzene rings is 3. The number of amides is 5. The van der Waals surface area contributed by atoms with Crippen LogP contribution in [-0.4, -0.2) is 61.0 Å². The highest BCUT2D eigenvalue weighted by atomic mass is 35.5. The molecule has 14 heteroatoms. The minimum absolute atomic E-state index is 0.0353. The van der Waals surface area contributed by atoms with Crippen LogP contribution in [0, 0.1) is 5.82 Å². The molecule has 228 valence electrons. The SMILES string of the molecule is COC(=O)Nc1ccc(C(=O)N[C@@H](CC(=O)Nc2ccc(F)cc2)C(=O)N2CC[C@@]3(C2)OC(=O)Nc2ccc(Cl)cc23)cc1. The summed E-state index contributed by atoms with van der Waals surface area (Å²) in [7, 11) is 1.21. The third kappa shape index (κ3) is 6.73. The van der Waals surface area contributed by atoms with Gasteiger partial charge in [0.25, 0.3) is 5.91 Å². The molecule has 0 saturated carbocycles. The van der Waals surface area contributed by atoms with Gasteiger partial charge in [-0.15, -0.1) is 0 Å². The number of hydrogen-bond donors (Lipinski definition) is 4. The summed E-state index contributed by atoms with van der Waals surface area (Å²) in [5, 5.41) is 10.8. The second kappa shape index (κ2) is 12.6. The van der Waals surface area contributed by atoms with Crippen molar-refractivity contribution >= 4 is 58.6 Å². The van der Waals surface area contributed by atoms with E-state index in [1.165, 1.54) is 60.5 Å². The van der Waals surface area contributed by atoms with Crippen LogP contribution >= 0.6 is 11.6 Å². The highest BCUT2D eigenvalue weighted by molar-refractivity contribution is 6.30. The van der Waals surface area contributed by atoms with E-state index in [1.54, 1.807) is 18.2 Å². The molecule has 1 spiro atoms. The van der Waals surface area contributed by atoms with Crippen molar-refractivity contribution in [3.05, 3.63) is 88.7 Å². The van der Waals surface area contributed by atoms with Crippen LogP contribution in [0.5, 0.6) is 0 Å². The van der Waals surface area contributed by atoms with Crippen LogP contribution in [0.1, 0.15) is 28.8 Å². The summed E-state index contributed by atoms with van der Waals surface area (Å²) in [6.07, 6.45) is -1.55. The number of carbonyl (C=O) groups is 5. The number of likely N-dealkylation sites (tertiary alicyclic amines) is 1. The molecule has 0 bridgehead atoms. The van der Waals surface area contributed by atoms with Gasteiger partial charge >= 0.3 is 12.2 Å². The molecule has 5 amide bonds. The van der Waals surface area contributed by atoms with E-state index in [4.69, 9.17) is 16.3 Å². The first-order valence-electron chi connectivity index (χ1n) is 13.5. The van der Waals surface area contributed by atoms with Gasteiger partial charge in [0, 0.05) is 40.5 Å².